The fourth-order valence-electron chi connectivity index (χ4n) is 2.46. The Morgan fingerprint density at radius 3 is 2.62 bits per heavy atom. The summed E-state index contributed by atoms with van der Waals surface area (Å²) in [5, 5.41) is 2.64. The third-order valence-corrected chi connectivity index (χ3v) is 4.09. The molecule has 0 bridgehead atoms. The Kier molecular flexibility index (Phi) is 7.28. The summed E-state index contributed by atoms with van der Waals surface area (Å²) in [6.07, 6.45) is -4.44. The van der Waals surface area contributed by atoms with Crippen molar-refractivity contribution >= 4 is 29.9 Å². The molecule has 1 aromatic rings. The van der Waals surface area contributed by atoms with Gasteiger partial charge in [0.15, 0.2) is 0 Å². The van der Waals surface area contributed by atoms with E-state index in [1.165, 1.54) is 17.0 Å². The van der Waals surface area contributed by atoms with Crippen molar-refractivity contribution in [3.63, 3.8) is 0 Å². The lowest BCUT2D eigenvalue weighted by Gasteiger charge is -2.20. The zero-order valence-corrected chi connectivity index (χ0v) is 15.1. The van der Waals surface area contributed by atoms with Gasteiger partial charge in [0.2, 0.25) is 11.8 Å². The van der Waals surface area contributed by atoms with E-state index in [-0.39, 0.29) is 42.5 Å². The van der Waals surface area contributed by atoms with E-state index in [0.29, 0.717) is 6.42 Å². The molecule has 1 fully saturated rings. The number of ether oxygens (including phenoxy) is 1. The molecule has 3 N–H and O–H groups in total. The molecule has 0 spiro atoms. The molecule has 1 aromatic carbocycles. The number of anilines is 1. The van der Waals surface area contributed by atoms with Crippen molar-refractivity contribution in [2.75, 3.05) is 11.4 Å². The zero-order valence-electron chi connectivity index (χ0n) is 14.2. The molecular weight excluding hydrogens is 375 g/mol. The third kappa shape index (κ3) is 5.50. The van der Waals surface area contributed by atoms with Gasteiger partial charge < -0.3 is 20.7 Å². The molecule has 1 saturated heterocycles. The molecule has 26 heavy (non-hydrogen) atoms. The second-order valence-electron chi connectivity index (χ2n) is 6.03. The van der Waals surface area contributed by atoms with Gasteiger partial charge in [0, 0.05) is 30.3 Å². The average Bonchev–Trinajstić information content (AvgIpc) is 2.86. The molecule has 146 valence electrons. The molecule has 1 heterocycles. The summed E-state index contributed by atoms with van der Waals surface area (Å²) >= 11 is 0. The summed E-state index contributed by atoms with van der Waals surface area (Å²) in [4.78, 5) is 25.8. The van der Waals surface area contributed by atoms with Crippen LogP contribution in [0.15, 0.2) is 24.3 Å². The SMILES string of the molecule is CC(N)C(C)C(=O)NC1CCN(c2cccc(OC(F)(F)F)c2)C1=O.Cl. The average molecular weight is 396 g/mol. The second-order valence-corrected chi connectivity index (χ2v) is 6.03. The third-order valence-electron chi connectivity index (χ3n) is 4.09. The van der Waals surface area contributed by atoms with Gasteiger partial charge in [-0.05, 0) is 25.5 Å². The van der Waals surface area contributed by atoms with Crippen LogP contribution in [-0.2, 0) is 9.59 Å². The number of nitrogens with zero attached hydrogens (tertiary/aromatic N) is 1. The summed E-state index contributed by atoms with van der Waals surface area (Å²) in [5.74, 6) is -1.57. The van der Waals surface area contributed by atoms with Crippen LogP contribution in [0.2, 0.25) is 0 Å². The molecule has 0 aromatic heterocycles. The van der Waals surface area contributed by atoms with Gasteiger partial charge in [-0.15, -0.1) is 25.6 Å². The van der Waals surface area contributed by atoms with E-state index in [1.807, 2.05) is 0 Å². The first-order valence-electron chi connectivity index (χ1n) is 7.81. The zero-order chi connectivity index (χ0) is 18.8. The van der Waals surface area contributed by atoms with E-state index < -0.39 is 24.1 Å². The molecule has 6 nitrogen and oxygen atoms in total. The highest BCUT2D eigenvalue weighted by Gasteiger charge is 2.35. The van der Waals surface area contributed by atoms with Crippen molar-refractivity contribution in [2.24, 2.45) is 11.7 Å². The Hall–Kier alpha value is -2.00. The number of halogens is 4. The fraction of sp³-hybridized carbons (Fsp3) is 0.500. The van der Waals surface area contributed by atoms with Gasteiger partial charge >= 0.3 is 6.36 Å². The number of hydrogen-bond acceptors (Lipinski definition) is 4. The van der Waals surface area contributed by atoms with E-state index in [0.717, 1.165) is 12.1 Å². The van der Waals surface area contributed by atoms with Crippen molar-refractivity contribution in [1.82, 2.24) is 5.32 Å². The molecule has 10 heteroatoms. The predicted molar refractivity (Wildman–Crippen MR) is 92.1 cm³/mol. The van der Waals surface area contributed by atoms with E-state index in [2.05, 4.69) is 10.1 Å². The molecule has 0 aliphatic carbocycles. The van der Waals surface area contributed by atoms with E-state index in [9.17, 15) is 22.8 Å². The summed E-state index contributed by atoms with van der Waals surface area (Å²) in [5.41, 5.74) is 5.95. The monoisotopic (exact) mass is 395 g/mol. The Balaban J connectivity index is 0.00000338. The Morgan fingerprint density at radius 2 is 2.04 bits per heavy atom. The molecule has 2 rings (SSSR count). The van der Waals surface area contributed by atoms with E-state index in [1.54, 1.807) is 13.8 Å². The van der Waals surface area contributed by atoms with E-state index >= 15 is 0 Å². The van der Waals surface area contributed by atoms with Crippen LogP contribution in [0.5, 0.6) is 5.75 Å². The van der Waals surface area contributed by atoms with Crippen molar-refractivity contribution in [1.29, 1.82) is 0 Å². The van der Waals surface area contributed by atoms with Crippen LogP contribution in [0.25, 0.3) is 0 Å². The summed E-state index contributed by atoms with van der Waals surface area (Å²) in [6, 6.07) is 4.09. The summed E-state index contributed by atoms with van der Waals surface area (Å²) < 4.78 is 40.8. The number of alkyl halides is 3. The minimum atomic E-state index is -4.81. The first-order valence-corrected chi connectivity index (χ1v) is 7.81. The lowest BCUT2D eigenvalue weighted by Crippen LogP contribution is -2.46. The Morgan fingerprint density at radius 1 is 1.38 bits per heavy atom. The Bertz CT molecular complexity index is 655. The molecule has 3 unspecified atom stereocenters. The van der Waals surface area contributed by atoms with Gasteiger partial charge in [-0.3, -0.25) is 9.59 Å². The number of benzene rings is 1. The largest absolute Gasteiger partial charge is 0.573 e. The molecule has 3 atom stereocenters. The Labute approximate surface area is 155 Å². The predicted octanol–water partition coefficient (Wildman–Crippen LogP) is 2.21. The van der Waals surface area contributed by atoms with E-state index in [4.69, 9.17) is 5.73 Å². The first-order chi connectivity index (χ1) is 11.6. The minimum absolute atomic E-state index is 0. The summed E-state index contributed by atoms with van der Waals surface area (Å²) in [6.45, 7) is 3.64. The smallest absolute Gasteiger partial charge is 0.406 e. The molecule has 0 radical (unpaired) electrons. The lowest BCUT2D eigenvalue weighted by molar-refractivity contribution is -0.274. The van der Waals surface area contributed by atoms with Gasteiger partial charge in [-0.25, -0.2) is 0 Å². The number of rotatable bonds is 5. The van der Waals surface area contributed by atoms with Crippen LogP contribution >= 0.6 is 12.4 Å². The van der Waals surface area contributed by atoms with Gasteiger partial charge in [0.25, 0.3) is 0 Å². The van der Waals surface area contributed by atoms with Crippen LogP contribution in [0.3, 0.4) is 0 Å². The maximum atomic E-state index is 12.4. The van der Waals surface area contributed by atoms with Crippen LogP contribution < -0.4 is 20.7 Å². The highest BCUT2D eigenvalue weighted by molar-refractivity contribution is 6.01. The number of amides is 2. The van der Waals surface area contributed by atoms with Crippen LogP contribution in [0.4, 0.5) is 18.9 Å². The quantitative estimate of drug-likeness (QED) is 0.800. The maximum absolute atomic E-state index is 12.4. The van der Waals surface area contributed by atoms with Crippen molar-refractivity contribution in [3.05, 3.63) is 24.3 Å². The number of hydrogen-bond donors (Lipinski definition) is 2. The lowest BCUT2D eigenvalue weighted by atomic mass is 10.0. The van der Waals surface area contributed by atoms with Gasteiger partial charge in [0.05, 0.1) is 0 Å². The normalized spacial score (nSPS) is 19.5. The van der Waals surface area contributed by atoms with Crippen LogP contribution in [0.1, 0.15) is 20.3 Å². The standard InChI is InChI=1S/C16H20F3N3O3.ClH/c1-9(10(2)20)14(23)21-13-6-7-22(15(13)24)11-4-3-5-12(8-11)25-16(17,18)19;/h3-5,8-10,13H,6-7,20H2,1-2H3,(H,21,23);1H. The van der Waals surface area contributed by atoms with Crippen molar-refractivity contribution in [3.8, 4) is 5.75 Å². The molecule has 0 saturated carbocycles. The maximum Gasteiger partial charge on any atom is 0.573 e. The van der Waals surface area contributed by atoms with Gasteiger partial charge in [-0.2, -0.15) is 0 Å². The van der Waals surface area contributed by atoms with Crippen molar-refractivity contribution < 1.29 is 27.5 Å². The van der Waals surface area contributed by atoms with Gasteiger partial charge in [-0.1, -0.05) is 13.0 Å². The fourth-order valence-corrected chi connectivity index (χ4v) is 2.46. The topological polar surface area (TPSA) is 84.7 Å². The number of carbonyl (C=O) groups is 2. The second kappa shape index (κ2) is 8.59. The number of carbonyl (C=O) groups excluding carboxylic acids is 2. The van der Waals surface area contributed by atoms with Crippen molar-refractivity contribution in [2.45, 2.75) is 38.7 Å². The number of nitrogens with two attached hydrogens (primary N) is 1. The number of nitrogens with one attached hydrogen (secondary N) is 1. The first kappa shape index (κ1) is 22.0. The highest BCUT2D eigenvalue weighted by atomic mass is 35.5. The molecule has 2 amide bonds. The molecule has 1 aliphatic heterocycles. The molecular formula is C16H21ClF3N3O3. The minimum Gasteiger partial charge on any atom is -0.406 e. The van der Waals surface area contributed by atoms with Crippen LogP contribution in [-0.4, -0.2) is 36.8 Å². The van der Waals surface area contributed by atoms with Gasteiger partial charge in [0.1, 0.15) is 11.8 Å². The summed E-state index contributed by atoms with van der Waals surface area (Å²) in [7, 11) is 0. The highest BCUT2D eigenvalue weighted by Crippen LogP contribution is 2.29. The van der Waals surface area contributed by atoms with Crippen LogP contribution in [0, 0.1) is 5.92 Å². The molecule has 1 aliphatic rings.